The predicted molar refractivity (Wildman–Crippen MR) is 55.4 cm³/mol. The number of diazo groups is 1. The Kier molecular flexibility index (Phi) is 5.49. The van der Waals surface area contributed by atoms with Crippen molar-refractivity contribution in [3.63, 3.8) is 0 Å². The summed E-state index contributed by atoms with van der Waals surface area (Å²) in [7, 11) is -4.67. The van der Waals surface area contributed by atoms with E-state index in [-0.39, 0.29) is 5.69 Å². The van der Waals surface area contributed by atoms with E-state index in [0.29, 0.717) is 10.0 Å². The molecule has 15 heavy (non-hydrogen) atoms. The summed E-state index contributed by atoms with van der Waals surface area (Å²) in [6.07, 6.45) is 0. The summed E-state index contributed by atoms with van der Waals surface area (Å²) in [5, 5.41) is 9.20. The van der Waals surface area contributed by atoms with E-state index in [1.165, 1.54) is 6.07 Å². The van der Waals surface area contributed by atoms with Crippen molar-refractivity contribution in [2.75, 3.05) is 0 Å². The van der Waals surface area contributed by atoms with Crippen LogP contribution in [0.5, 0.6) is 0 Å². The summed E-state index contributed by atoms with van der Waals surface area (Å²) in [5.41, 5.74) is 0.286. The molecule has 0 fully saturated rings. The van der Waals surface area contributed by atoms with Gasteiger partial charge < -0.3 is 0 Å². The largest absolute Gasteiger partial charge is 0.404 e. The van der Waals surface area contributed by atoms with Gasteiger partial charge in [0.25, 0.3) is 0 Å². The molecule has 0 aliphatic heterocycles. The Labute approximate surface area is 95.6 Å². The Morgan fingerprint density at radius 3 is 2.07 bits per heavy atom. The quantitative estimate of drug-likeness (QED) is 0.558. The van der Waals surface area contributed by atoms with Crippen molar-refractivity contribution >= 4 is 39.3 Å². The van der Waals surface area contributed by atoms with Gasteiger partial charge in [0, 0.05) is 5.02 Å². The first-order valence-corrected chi connectivity index (χ1v) is 5.39. The van der Waals surface area contributed by atoms with Gasteiger partial charge in [-0.3, -0.25) is 9.11 Å². The summed E-state index contributed by atoms with van der Waals surface area (Å²) in [4.78, 5) is 2.91. The first-order chi connectivity index (χ1) is 6.74. The molecule has 2 N–H and O–H groups in total. The Morgan fingerprint density at radius 2 is 1.73 bits per heavy atom. The monoisotopic (exact) mass is 271 g/mol. The fourth-order valence-electron chi connectivity index (χ4n) is 0.562. The van der Waals surface area contributed by atoms with Crippen molar-refractivity contribution in [2.24, 2.45) is 0 Å². The van der Waals surface area contributed by atoms with Gasteiger partial charge in [-0.25, -0.2) is 0 Å². The second-order valence-electron chi connectivity index (χ2n) is 2.14. The summed E-state index contributed by atoms with van der Waals surface area (Å²) in [5.74, 6) is 0. The minimum atomic E-state index is -4.67. The van der Waals surface area contributed by atoms with Gasteiger partial charge in [0.2, 0.25) is 5.39 Å². The number of rotatable bonds is 0. The van der Waals surface area contributed by atoms with E-state index in [0.717, 1.165) is 0 Å². The van der Waals surface area contributed by atoms with Crippen LogP contribution < -0.4 is 0 Å². The summed E-state index contributed by atoms with van der Waals surface area (Å²) in [6, 6.07) is 4.67. The molecule has 0 spiro atoms. The van der Waals surface area contributed by atoms with E-state index >= 15 is 0 Å². The van der Waals surface area contributed by atoms with Crippen molar-refractivity contribution in [1.82, 2.24) is 0 Å². The molecule has 0 unspecified atom stereocenters. The lowest BCUT2D eigenvalue weighted by Gasteiger charge is -1.84. The molecule has 1 aromatic rings. The van der Waals surface area contributed by atoms with Crippen molar-refractivity contribution in [3.05, 3.63) is 33.2 Å². The maximum absolute atomic E-state index is 8.74. The highest BCUT2D eigenvalue weighted by molar-refractivity contribution is 7.79. The van der Waals surface area contributed by atoms with Crippen LogP contribution in [0.15, 0.2) is 18.2 Å². The fraction of sp³-hybridized carbons (Fsp3) is 0. The Bertz CT molecular complexity index is 474. The number of halogens is 2. The Hall–Kier alpha value is -0.910. The van der Waals surface area contributed by atoms with E-state index in [4.69, 9.17) is 46.1 Å². The molecule has 0 aliphatic rings. The average Bonchev–Trinajstić information content (AvgIpc) is 2.06. The molecule has 0 aliphatic carbocycles. The van der Waals surface area contributed by atoms with Crippen LogP contribution >= 0.6 is 23.2 Å². The zero-order valence-electron chi connectivity index (χ0n) is 7.00. The molecule has 9 heteroatoms. The van der Waals surface area contributed by atoms with Gasteiger partial charge in [0.1, 0.15) is 5.02 Å². The van der Waals surface area contributed by atoms with Gasteiger partial charge in [0.05, 0.1) is 6.07 Å². The maximum atomic E-state index is 8.74. The zero-order valence-corrected chi connectivity index (χ0v) is 9.33. The molecule has 0 heterocycles. The lowest BCUT2D eigenvalue weighted by molar-refractivity contribution is 0.381. The molecule has 1 rings (SSSR count). The molecule has 82 valence electrons. The van der Waals surface area contributed by atoms with E-state index in [1.54, 1.807) is 12.1 Å². The van der Waals surface area contributed by atoms with Gasteiger partial charge in [-0.1, -0.05) is 23.2 Å². The van der Waals surface area contributed by atoms with Crippen LogP contribution in [0.3, 0.4) is 0 Å². The van der Waals surface area contributed by atoms with E-state index in [2.05, 4.69) is 4.98 Å². The first-order valence-electron chi connectivity index (χ1n) is 3.24. The van der Waals surface area contributed by atoms with E-state index in [1.807, 2.05) is 0 Å². The summed E-state index contributed by atoms with van der Waals surface area (Å²) in [6.45, 7) is 0. The third kappa shape index (κ3) is 8.11. The van der Waals surface area contributed by atoms with Gasteiger partial charge in [-0.2, -0.15) is 8.42 Å². The van der Waals surface area contributed by atoms with Crippen molar-refractivity contribution < 1.29 is 17.5 Å². The van der Waals surface area contributed by atoms with Crippen LogP contribution in [-0.2, 0) is 10.4 Å². The van der Waals surface area contributed by atoms with Gasteiger partial charge >= 0.3 is 16.1 Å². The van der Waals surface area contributed by atoms with Gasteiger partial charge in [0.15, 0.2) is 4.98 Å². The summed E-state index contributed by atoms with van der Waals surface area (Å²) < 4.78 is 31.6. The highest BCUT2D eigenvalue weighted by atomic mass is 35.5. The predicted octanol–water partition coefficient (Wildman–Crippen LogP) is 2.83. The van der Waals surface area contributed by atoms with Crippen LogP contribution in [0.25, 0.3) is 4.98 Å². The Morgan fingerprint density at radius 1 is 1.27 bits per heavy atom. The number of hydrogen-bond acceptors (Lipinski definition) is 3. The van der Waals surface area contributed by atoms with Gasteiger partial charge in [-0.05, 0) is 12.1 Å². The minimum absolute atomic E-state index is 0.286. The molecule has 0 radical (unpaired) electrons. The normalized spacial score (nSPS) is 9.80. The molecule has 0 atom stereocenters. The van der Waals surface area contributed by atoms with Crippen LogP contribution in [0.2, 0.25) is 10.0 Å². The third-order valence-corrected chi connectivity index (χ3v) is 1.57. The lowest BCUT2D eigenvalue weighted by atomic mass is 10.3. The van der Waals surface area contributed by atoms with Crippen molar-refractivity contribution in [2.45, 2.75) is 0 Å². The third-order valence-electron chi connectivity index (χ3n) is 1.02. The molecule has 1 aromatic carbocycles. The van der Waals surface area contributed by atoms with Crippen molar-refractivity contribution in [1.29, 1.82) is 5.39 Å². The maximum Gasteiger partial charge on any atom is 0.404 e. The van der Waals surface area contributed by atoms with Gasteiger partial charge in [-0.15, -0.1) is 0 Å². The molecule has 0 saturated carbocycles. The molecule has 0 aromatic heterocycles. The smallest absolute Gasteiger partial charge is 0.264 e. The van der Waals surface area contributed by atoms with Crippen LogP contribution in [-0.4, -0.2) is 17.5 Å². The van der Waals surface area contributed by atoms with Crippen LogP contribution in [0, 0.1) is 5.39 Å². The highest BCUT2D eigenvalue weighted by Gasteiger charge is 2.10. The molecule has 6 nitrogen and oxygen atoms in total. The van der Waals surface area contributed by atoms with Crippen LogP contribution in [0.1, 0.15) is 0 Å². The second-order valence-corrected chi connectivity index (χ2v) is 3.88. The lowest BCUT2D eigenvalue weighted by Crippen LogP contribution is -1.89. The fourth-order valence-corrected chi connectivity index (χ4v) is 0.884. The number of hydrogen-bond donors (Lipinski definition) is 2. The summed E-state index contributed by atoms with van der Waals surface area (Å²) >= 11 is 11.1. The topological polar surface area (TPSA) is 103 Å². The highest BCUT2D eigenvalue weighted by Crippen LogP contribution is 2.27. The number of nitrogens with zero attached hydrogens (tertiary/aromatic N) is 2. The first kappa shape index (κ1) is 14.1. The molecule has 0 saturated heterocycles. The molecule has 0 bridgehead atoms. The molecule has 0 amide bonds. The van der Waals surface area contributed by atoms with E-state index in [9.17, 15) is 0 Å². The standard InChI is InChI=1S/C6H3Cl2N2.H2O4S/c7-4-1-2-5(8)6(3-4)10-9;1-5(2,3)4/h1-3H;(H2,1,2,3,4)/q+1;. The van der Waals surface area contributed by atoms with Crippen LogP contribution in [0.4, 0.5) is 5.69 Å². The number of benzene rings is 1. The molecular formula is C6H5Cl2N2O4S+. The SMILES string of the molecule is N#[N+]c1cc(Cl)ccc1Cl.O=S(=O)(O)O. The van der Waals surface area contributed by atoms with E-state index < -0.39 is 10.4 Å². The average molecular weight is 272 g/mol. The second kappa shape index (κ2) is 5.85. The van der Waals surface area contributed by atoms with Crippen molar-refractivity contribution in [3.8, 4) is 0 Å². The minimum Gasteiger partial charge on any atom is -0.264 e. The zero-order chi connectivity index (χ0) is 12.1. The molecular weight excluding hydrogens is 267 g/mol. The Balaban J connectivity index is 0.000000336.